The fraction of sp³-hybridized carbons (Fsp3) is 0.0179. The topological polar surface area (TPSA) is 38.7 Å². The monoisotopic (exact) mass is 757 g/mol. The molecule has 1 spiro atoms. The summed E-state index contributed by atoms with van der Waals surface area (Å²) in [6.45, 7) is 0. The molecule has 272 valence electrons. The van der Waals surface area contributed by atoms with Gasteiger partial charge in [0.1, 0.15) is 0 Å². The van der Waals surface area contributed by atoms with E-state index in [1.165, 1.54) is 21.5 Å². The van der Waals surface area contributed by atoms with Crippen LogP contribution in [0.15, 0.2) is 200 Å². The summed E-state index contributed by atoms with van der Waals surface area (Å²) < 4.78 is 86.5. The van der Waals surface area contributed by atoms with Crippen LogP contribution in [0.25, 0.3) is 99.9 Å². The number of nitrogens with zero attached hydrogens (tertiary/aromatic N) is 3. The SMILES string of the molecule is [2H]c1c([2H])c([2H])c(-c2nc(-c3ccc4c(c3)C3(c5ccccc5-c5ccccc5-4)c4ccccc4-c4c3cc3ccc5cccc6ccc4c3c56)nc(-c3c([2H])c([2H])c([2H])c([2H])c3[2H])n2)c([2H])c1[2H]. The molecule has 0 aliphatic heterocycles. The minimum Gasteiger partial charge on any atom is -0.208 e. The molecule has 0 bridgehead atoms. The maximum atomic E-state index is 8.94. The standard InChI is InChI=1S/C56H33N3/c1-3-14-36(15-4-1)53-57-54(37-16-5-2-6-17-37)59-55(58-53)39-29-30-43-41-21-8-7-20-40(41)42-22-9-11-24-46(42)56(48(43)33-39)47-25-12-10-23-44(47)52-45-31-28-35-19-13-18-34-26-27-38(32-49(52)56)51(45)50(34)35/h1-33H/i1D,2D,3D,4D,5D,6D,14D,15D,16D,17D. The Morgan fingerprint density at radius 3 is 1.54 bits per heavy atom. The summed E-state index contributed by atoms with van der Waals surface area (Å²) in [4.78, 5) is 14.3. The summed E-state index contributed by atoms with van der Waals surface area (Å²) in [5, 5.41) is 6.98. The maximum Gasteiger partial charge on any atom is 0.164 e. The Hall–Kier alpha value is -7.75. The van der Waals surface area contributed by atoms with Gasteiger partial charge in [0.15, 0.2) is 17.5 Å². The van der Waals surface area contributed by atoms with Crippen molar-refractivity contribution in [3.63, 3.8) is 0 Å². The molecule has 0 radical (unpaired) electrons. The molecule has 11 aromatic rings. The Bertz CT molecular complexity index is 3950. The minimum atomic E-state index is -0.962. The molecule has 0 amide bonds. The van der Waals surface area contributed by atoms with Crippen molar-refractivity contribution in [1.29, 1.82) is 0 Å². The summed E-state index contributed by atoms with van der Waals surface area (Å²) >= 11 is 0. The van der Waals surface area contributed by atoms with Gasteiger partial charge in [-0.05, 0) is 100 Å². The molecular formula is C56H33N3. The minimum absolute atomic E-state index is 0.000526. The lowest BCUT2D eigenvalue weighted by molar-refractivity contribution is 0.777. The highest BCUT2D eigenvalue weighted by Crippen LogP contribution is 2.63. The van der Waals surface area contributed by atoms with Crippen molar-refractivity contribution in [2.45, 2.75) is 5.41 Å². The van der Waals surface area contributed by atoms with Crippen LogP contribution in [0.3, 0.4) is 0 Å². The van der Waals surface area contributed by atoms with Crippen molar-refractivity contribution < 1.29 is 13.7 Å². The highest BCUT2D eigenvalue weighted by Gasteiger charge is 2.50. The summed E-state index contributed by atoms with van der Waals surface area (Å²) in [6, 6.07) is 43.2. The Kier molecular flexibility index (Phi) is 4.96. The molecule has 1 atom stereocenters. The van der Waals surface area contributed by atoms with E-state index in [1.54, 1.807) is 0 Å². The zero-order valence-corrected chi connectivity index (χ0v) is 31.1. The Balaban J connectivity index is 1.18. The van der Waals surface area contributed by atoms with Crippen LogP contribution in [0.5, 0.6) is 0 Å². The van der Waals surface area contributed by atoms with Crippen LogP contribution in [0.2, 0.25) is 0 Å². The van der Waals surface area contributed by atoms with Gasteiger partial charge in [0.25, 0.3) is 0 Å². The van der Waals surface area contributed by atoms with E-state index in [1.807, 2.05) is 18.2 Å². The zero-order chi connectivity index (χ0) is 47.4. The van der Waals surface area contributed by atoms with E-state index in [2.05, 4.69) is 126 Å². The average Bonchev–Trinajstić information content (AvgIpc) is 3.62. The van der Waals surface area contributed by atoms with Crippen LogP contribution in [-0.2, 0) is 5.41 Å². The number of benzene rings is 10. The molecule has 1 aromatic heterocycles. The normalized spacial score (nSPS) is 17.2. The van der Waals surface area contributed by atoms with Gasteiger partial charge in [-0.1, -0.05) is 188 Å². The number of aromatic nitrogens is 3. The summed E-state index contributed by atoms with van der Waals surface area (Å²) in [5.74, 6) is -0.640. The van der Waals surface area contributed by atoms with Gasteiger partial charge < -0.3 is 0 Å². The van der Waals surface area contributed by atoms with E-state index in [-0.39, 0.29) is 28.6 Å². The first-order valence-electron chi connectivity index (χ1n) is 24.5. The van der Waals surface area contributed by atoms with E-state index in [0.29, 0.717) is 5.56 Å². The van der Waals surface area contributed by atoms with Crippen LogP contribution in [0.1, 0.15) is 36.0 Å². The van der Waals surface area contributed by atoms with Crippen molar-refractivity contribution in [1.82, 2.24) is 15.0 Å². The molecule has 0 fully saturated rings. The highest BCUT2D eigenvalue weighted by molar-refractivity contribution is 6.27. The van der Waals surface area contributed by atoms with Gasteiger partial charge in [-0.25, -0.2) is 15.0 Å². The lowest BCUT2D eigenvalue weighted by Crippen LogP contribution is -2.29. The van der Waals surface area contributed by atoms with Crippen molar-refractivity contribution in [3.05, 3.63) is 222 Å². The van der Waals surface area contributed by atoms with Gasteiger partial charge in [-0.15, -0.1) is 0 Å². The fourth-order valence-electron chi connectivity index (χ4n) is 9.97. The Morgan fingerprint density at radius 2 is 0.881 bits per heavy atom. The zero-order valence-electron chi connectivity index (χ0n) is 41.1. The van der Waals surface area contributed by atoms with E-state index < -0.39 is 65.8 Å². The Labute approximate surface area is 355 Å². The van der Waals surface area contributed by atoms with Crippen molar-refractivity contribution in [2.75, 3.05) is 0 Å². The molecular weight excluding hydrogens is 715 g/mol. The Morgan fingerprint density at radius 1 is 0.356 bits per heavy atom. The van der Waals surface area contributed by atoms with Crippen LogP contribution in [0, 0.1) is 0 Å². The first-order chi connectivity index (χ1) is 33.4. The van der Waals surface area contributed by atoms with Crippen LogP contribution in [0.4, 0.5) is 0 Å². The summed E-state index contributed by atoms with van der Waals surface area (Å²) in [7, 11) is 0. The van der Waals surface area contributed by atoms with Gasteiger partial charge in [-0.3, -0.25) is 0 Å². The van der Waals surface area contributed by atoms with Gasteiger partial charge >= 0.3 is 0 Å². The number of fused-ring (bicyclic) bond motifs is 13. The number of hydrogen-bond acceptors (Lipinski definition) is 3. The third kappa shape index (κ3) is 4.44. The summed E-state index contributed by atoms with van der Waals surface area (Å²) in [5.41, 5.74) is 9.25. The van der Waals surface area contributed by atoms with Gasteiger partial charge in [-0.2, -0.15) is 0 Å². The van der Waals surface area contributed by atoms with Crippen molar-refractivity contribution in [2.24, 2.45) is 0 Å². The second-order valence-corrected chi connectivity index (χ2v) is 15.1. The second kappa shape index (κ2) is 12.1. The predicted octanol–water partition coefficient (Wildman–Crippen LogP) is 13.8. The smallest absolute Gasteiger partial charge is 0.164 e. The molecule has 0 saturated heterocycles. The van der Waals surface area contributed by atoms with E-state index in [0.717, 1.165) is 66.4 Å². The quantitative estimate of drug-likeness (QED) is 0.169. The van der Waals surface area contributed by atoms with Crippen molar-refractivity contribution >= 4 is 32.3 Å². The molecule has 0 saturated carbocycles. The van der Waals surface area contributed by atoms with E-state index in [4.69, 9.17) is 23.7 Å². The molecule has 0 N–H and O–H groups in total. The summed E-state index contributed by atoms with van der Waals surface area (Å²) in [6.07, 6.45) is 0. The molecule has 1 heterocycles. The first-order valence-corrected chi connectivity index (χ1v) is 19.5. The van der Waals surface area contributed by atoms with Crippen LogP contribution >= 0.6 is 0 Å². The molecule has 2 aliphatic rings. The molecule has 59 heavy (non-hydrogen) atoms. The molecule has 1 unspecified atom stereocenters. The largest absolute Gasteiger partial charge is 0.208 e. The fourth-order valence-corrected chi connectivity index (χ4v) is 9.97. The molecule has 3 nitrogen and oxygen atoms in total. The van der Waals surface area contributed by atoms with E-state index in [9.17, 15) is 0 Å². The lowest BCUT2D eigenvalue weighted by Gasteiger charge is -2.36. The maximum absolute atomic E-state index is 8.94. The molecule has 10 aromatic carbocycles. The van der Waals surface area contributed by atoms with Gasteiger partial charge in [0.05, 0.1) is 19.1 Å². The lowest BCUT2D eigenvalue weighted by atomic mass is 9.65. The molecule has 13 rings (SSSR count). The molecule has 3 heteroatoms. The van der Waals surface area contributed by atoms with Crippen LogP contribution < -0.4 is 0 Å². The van der Waals surface area contributed by atoms with Gasteiger partial charge in [0.2, 0.25) is 0 Å². The third-order valence-electron chi connectivity index (χ3n) is 12.3. The van der Waals surface area contributed by atoms with Crippen LogP contribution in [-0.4, -0.2) is 15.0 Å². The highest BCUT2D eigenvalue weighted by atomic mass is 15.0. The first kappa shape index (κ1) is 24.1. The van der Waals surface area contributed by atoms with Crippen molar-refractivity contribution in [3.8, 4) is 67.5 Å². The second-order valence-electron chi connectivity index (χ2n) is 15.1. The van der Waals surface area contributed by atoms with E-state index >= 15 is 0 Å². The molecule has 2 aliphatic carbocycles. The van der Waals surface area contributed by atoms with Gasteiger partial charge in [0, 0.05) is 16.7 Å². The number of rotatable bonds is 3. The third-order valence-corrected chi connectivity index (χ3v) is 12.3. The average molecular weight is 758 g/mol. The number of hydrogen-bond donors (Lipinski definition) is 0. The predicted molar refractivity (Wildman–Crippen MR) is 242 cm³/mol.